The Morgan fingerprint density at radius 3 is 2.80 bits per heavy atom. The fourth-order valence-electron chi connectivity index (χ4n) is 2.77. The number of ether oxygens (including phenoxy) is 1. The van der Waals surface area contributed by atoms with E-state index in [4.69, 9.17) is 10.5 Å². The summed E-state index contributed by atoms with van der Waals surface area (Å²) in [4.78, 5) is 16.0. The molecule has 1 aromatic carbocycles. The number of rotatable bonds is 6. The molecule has 25 heavy (non-hydrogen) atoms. The van der Waals surface area contributed by atoms with Crippen LogP contribution in [0.3, 0.4) is 0 Å². The molecule has 7 heteroatoms. The molecule has 0 aliphatic heterocycles. The third-order valence-corrected chi connectivity index (χ3v) is 4.49. The van der Waals surface area contributed by atoms with E-state index in [2.05, 4.69) is 37.7 Å². The summed E-state index contributed by atoms with van der Waals surface area (Å²) in [6.07, 6.45) is 2.44. The lowest BCUT2D eigenvalue weighted by atomic mass is 10.1. The van der Waals surface area contributed by atoms with E-state index in [1.165, 1.54) is 0 Å². The fourth-order valence-corrected chi connectivity index (χ4v) is 3.32. The van der Waals surface area contributed by atoms with Crippen LogP contribution in [0.5, 0.6) is 0 Å². The summed E-state index contributed by atoms with van der Waals surface area (Å²) in [6, 6.07) is 6.14. The maximum Gasteiger partial charge on any atom is 0.407 e. The van der Waals surface area contributed by atoms with Crippen LogP contribution < -0.4 is 11.1 Å². The number of para-hydroxylation sites is 1. The topological polar surface area (TPSA) is 82.2 Å². The van der Waals surface area contributed by atoms with Crippen molar-refractivity contribution in [3.63, 3.8) is 0 Å². The van der Waals surface area contributed by atoms with Gasteiger partial charge >= 0.3 is 6.09 Å². The molecule has 2 rings (SSSR count). The molecule has 1 atom stereocenters. The molecule has 1 aromatic heterocycles. The van der Waals surface area contributed by atoms with Crippen molar-refractivity contribution >= 4 is 39.0 Å². The Labute approximate surface area is 157 Å². The zero-order chi connectivity index (χ0) is 18.6. The number of hydrogen-bond acceptors (Lipinski definition) is 4. The van der Waals surface area contributed by atoms with Gasteiger partial charge in [-0.15, -0.1) is 0 Å². The minimum Gasteiger partial charge on any atom is -0.444 e. The summed E-state index contributed by atoms with van der Waals surface area (Å²) in [5.41, 5.74) is 7.56. The molecule has 1 unspecified atom stereocenters. The summed E-state index contributed by atoms with van der Waals surface area (Å²) in [5, 5.41) is 2.79. The van der Waals surface area contributed by atoms with Gasteiger partial charge in [-0.25, -0.2) is 9.78 Å². The van der Waals surface area contributed by atoms with Crippen LogP contribution in [-0.2, 0) is 4.74 Å². The third kappa shape index (κ3) is 5.36. The van der Waals surface area contributed by atoms with Crippen molar-refractivity contribution in [2.75, 3.05) is 12.3 Å². The number of aromatic nitrogens is 2. The quantitative estimate of drug-likeness (QED) is 0.679. The number of benzene rings is 1. The van der Waals surface area contributed by atoms with Gasteiger partial charge in [0.1, 0.15) is 5.60 Å². The van der Waals surface area contributed by atoms with Gasteiger partial charge in [-0.1, -0.05) is 6.07 Å². The summed E-state index contributed by atoms with van der Waals surface area (Å²) in [5.74, 6) is 0.529. The highest BCUT2D eigenvalue weighted by Gasteiger charge is 2.17. The second kappa shape index (κ2) is 8.08. The molecule has 0 spiro atoms. The SMILES string of the molecule is CC(CCCCNC(=O)OC(C)(C)C)n1c(N)nc2cccc(Br)c21. The Morgan fingerprint density at radius 2 is 2.12 bits per heavy atom. The molecule has 1 heterocycles. The van der Waals surface area contributed by atoms with Gasteiger partial charge in [0.15, 0.2) is 0 Å². The van der Waals surface area contributed by atoms with E-state index in [9.17, 15) is 4.79 Å². The van der Waals surface area contributed by atoms with E-state index in [0.717, 1.165) is 34.8 Å². The number of fused-ring (bicyclic) bond motifs is 1. The van der Waals surface area contributed by atoms with Crippen LogP contribution in [0.1, 0.15) is 53.0 Å². The second-order valence-electron chi connectivity index (χ2n) is 7.22. The number of anilines is 1. The summed E-state index contributed by atoms with van der Waals surface area (Å²) < 4.78 is 8.28. The highest BCUT2D eigenvalue weighted by molar-refractivity contribution is 9.10. The lowest BCUT2D eigenvalue weighted by Crippen LogP contribution is -2.33. The Morgan fingerprint density at radius 1 is 1.40 bits per heavy atom. The summed E-state index contributed by atoms with van der Waals surface area (Å²) in [7, 11) is 0. The van der Waals surface area contributed by atoms with Gasteiger partial charge in [0.05, 0.1) is 11.0 Å². The molecule has 1 amide bonds. The lowest BCUT2D eigenvalue weighted by Gasteiger charge is -2.20. The number of halogens is 1. The van der Waals surface area contributed by atoms with Crippen LogP contribution in [-0.4, -0.2) is 27.8 Å². The molecule has 2 aromatic rings. The molecule has 0 radical (unpaired) electrons. The maximum atomic E-state index is 11.6. The number of nitrogens with two attached hydrogens (primary N) is 1. The Balaban J connectivity index is 1.85. The number of hydrogen-bond donors (Lipinski definition) is 2. The van der Waals surface area contributed by atoms with Gasteiger partial charge in [0.2, 0.25) is 5.95 Å². The van der Waals surface area contributed by atoms with Crippen molar-refractivity contribution in [1.29, 1.82) is 0 Å². The molecular formula is C18H27BrN4O2. The van der Waals surface area contributed by atoms with Crippen molar-refractivity contribution in [2.24, 2.45) is 0 Å². The van der Waals surface area contributed by atoms with Crippen molar-refractivity contribution < 1.29 is 9.53 Å². The third-order valence-electron chi connectivity index (χ3n) is 3.85. The first-order valence-electron chi connectivity index (χ1n) is 8.58. The maximum absolute atomic E-state index is 11.6. The lowest BCUT2D eigenvalue weighted by molar-refractivity contribution is 0.0527. The standard InChI is InChI=1S/C18H27BrN4O2/c1-12(8-5-6-11-21-17(24)25-18(2,3)4)23-15-13(19)9-7-10-14(15)22-16(23)20/h7,9-10,12H,5-6,8,11H2,1-4H3,(H2,20,22)(H,21,24). The van der Waals surface area contributed by atoms with Crippen LogP contribution in [0, 0.1) is 0 Å². The first-order chi connectivity index (χ1) is 11.7. The largest absolute Gasteiger partial charge is 0.444 e. The molecule has 138 valence electrons. The Hall–Kier alpha value is -1.76. The van der Waals surface area contributed by atoms with Gasteiger partial charge in [-0.2, -0.15) is 0 Å². The van der Waals surface area contributed by atoms with Crippen LogP contribution in [0.4, 0.5) is 10.7 Å². The molecule has 0 bridgehead atoms. The predicted molar refractivity (Wildman–Crippen MR) is 105 cm³/mol. The molecular weight excluding hydrogens is 384 g/mol. The number of nitrogen functional groups attached to an aromatic ring is 1. The zero-order valence-electron chi connectivity index (χ0n) is 15.3. The van der Waals surface area contributed by atoms with Crippen LogP contribution in [0.25, 0.3) is 11.0 Å². The van der Waals surface area contributed by atoms with Crippen LogP contribution >= 0.6 is 15.9 Å². The molecule has 0 aliphatic carbocycles. The van der Waals surface area contributed by atoms with E-state index in [0.29, 0.717) is 12.5 Å². The molecule has 0 fully saturated rings. The number of unbranched alkanes of at least 4 members (excludes halogenated alkanes) is 1. The molecule has 0 aliphatic rings. The molecule has 0 saturated carbocycles. The molecule has 6 nitrogen and oxygen atoms in total. The van der Waals surface area contributed by atoms with E-state index in [1.54, 1.807) is 0 Å². The minimum atomic E-state index is -0.466. The van der Waals surface area contributed by atoms with Gasteiger partial charge in [-0.3, -0.25) is 0 Å². The van der Waals surface area contributed by atoms with Crippen molar-refractivity contribution in [3.8, 4) is 0 Å². The Kier molecular flexibility index (Phi) is 6.32. The van der Waals surface area contributed by atoms with Crippen LogP contribution in [0.2, 0.25) is 0 Å². The van der Waals surface area contributed by atoms with Crippen LogP contribution in [0.15, 0.2) is 22.7 Å². The molecule has 3 N–H and O–H groups in total. The van der Waals surface area contributed by atoms with E-state index >= 15 is 0 Å². The average Bonchev–Trinajstić information content (AvgIpc) is 2.82. The molecule has 0 saturated heterocycles. The van der Waals surface area contributed by atoms with Crippen molar-refractivity contribution in [2.45, 2.75) is 58.6 Å². The fraction of sp³-hybridized carbons (Fsp3) is 0.556. The highest BCUT2D eigenvalue weighted by atomic mass is 79.9. The van der Waals surface area contributed by atoms with Gasteiger partial charge in [0.25, 0.3) is 0 Å². The Bertz CT molecular complexity index is 736. The number of alkyl carbamates (subject to hydrolysis) is 1. The van der Waals surface area contributed by atoms with E-state index in [-0.39, 0.29) is 12.1 Å². The van der Waals surface area contributed by atoms with E-state index < -0.39 is 5.60 Å². The first kappa shape index (κ1) is 19.6. The number of nitrogens with zero attached hydrogens (tertiary/aromatic N) is 2. The minimum absolute atomic E-state index is 0.227. The zero-order valence-corrected chi connectivity index (χ0v) is 16.9. The number of carbonyl (C=O) groups excluding carboxylic acids is 1. The monoisotopic (exact) mass is 410 g/mol. The number of imidazole rings is 1. The van der Waals surface area contributed by atoms with Gasteiger partial charge < -0.3 is 20.4 Å². The summed E-state index contributed by atoms with van der Waals surface area (Å²) >= 11 is 3.58. The van der Waals surface area contributed by atoms with Gasteiger partial charge in [-0.05, 0) is 75.0 Å². The summed E-state index contributed by atoms with van der Waals surface area (Å²) in [6.45, 7) is 8.30. The number of nitrogens with one attached hydrogen (secondary N) is 1. The smallest absolute Gasteiger partial charge is 0.407 e. The number of carbonyl (C=O) groups is 1. The van der Waals surface area contributed by atoms with Crippen molar-refractivity contribution in [1.82, 2.24) is 14.9 Å². The van der Waals surface area contributed by atoms with Crippen molar-refractivity contribution in [3.05, 3.63) is 22.7 Å². The van der Waals surface area contributed by atoms with E-state index in [1.807, 2.05) is 39.0 Å². The highest BCUT2D eigenvalue weighted by Crippen LogP contribution is 2.30. The predicted octanol–water partition coefficient (Wildman–Crippen LogP) is 4.64. The normalized spacial score (nSPS) is 13.0. The van der Waals surface area contributed by atoms with Gasteiger partial charge in [0, 0.05) is 17.1 Å². The average molecular weight is 411 g/mol. The number of amides is 1. The second-order valence-corrected chi connectivity index (χ2v) is 8.08. The first-order valence-corrected chi connectivity index (χ1v) is 9.37.